The van der Waals surface area contributed by atoms with Crippen molar-refractivity contribution < 1.29 is 43.4 Å². The van der Waals surface area contributed by atoms with Gasteiger partial charge in [0.25, 0.3) is 0 Å². The van der Waals surface area contributed by atoms with Gasteiger partial charge in [0.1, 0.15) is 96.7 Å². The molecule has 0 aliphatic carbocycles. The topological polar surface area (TPSA) is 253 Å². The molecule has 4 aliphatic heterocycles. The number of rotatable bonds is 9. The molecule has 68 heavy (non-hydrogen) atoms. The van der Waals surface area contributed by atoms with E-state index < -0.39 is 11.6 Å². The molecule has 0 bridgehead atoms. The smallest absolute Gasteiger partial charge is 0.164 e. The second-order valence-electron chi connectivity index (χ2n) is 17.2. The van der Waals surface area contributed by atoms with E-state index in [4.69, 9.17) is 43.6 Å². The number of benzene rings is 2. The Balaban J connectivity index is 0.000000176. The average Bonchev–Trinajstić information content (AvgIpc) is 4.16. The summed E-state index contributed by atoms with van der Waals surface area (Å²) in [6, 6.07) is 27.5. The SMILES string of the molecule is C.CC1(C)O[C@@H]2[C@H](O1)[C@@H](COc1ccc3cccnc3c1)O[C@H]2c1ccc2c(N)ncnn12.CSc1ncnn2c([C@@H]3O[C@H](COc4ccc5cccnc5c4)[C@H]4OC(C)(C)O[C@H]43)ccc12.N.O. The van der Waals surface area contributed by atoms with Gasteiger partial charge in [-0.25, -0.2) is 19.0 Å². The third kappa shape index (κ3) is 9.02. The van der Waals surface area contributed by atoms with E-state index in [-0.39, 0.29) is 67.9 Å². The third-order valence-electron chi connectivity index (χ3n) is 12.0. The molecule has 0 saturated carbocycles. The highest BCUT2D eigenvalue weighted by Crippen LogP contribution is 2.47. The summed E-state index contributed by atoms with van der Waals surface area (Å²) in [5, 5.41) is 11.9. The summed E-state index contributed by atoms with van der Waals surface area (Å²) >= 11 is 1.59. The fraction of sp³-hybridized carbons (Fsp3) is 0.375. The summed E-state index contributed by atoms with van der Waals surface area (Å²) in [5.74, 6) is 0.466. The summed E-state index contributed by atoms with van der Waals surface area (Å²) in [6.07, 6.45) is 6.11. The van der Waals surface area contributed by atoms with Crippen molar-refractivity contribution in [3.05, 3.63) is 121 Å². The molecule has 4 fully saturated rings. The largest absolute Gasteiger partial charge is 0.491 e. The summed E-state index contributed by atoms with van der Waals surface area (Å²) in [4.78, 5) is 17.2. The maximum atomic E-state index is 6.48. The van der Waals surface area contributed by atoms with Crippen molar-refractivity contribution in [2.75, 3.05) is 25.2 Å². The lowest BCUT2D eigenvalue weighted by molar-refractivity contribution is -0.191. The Labute approximate surface area is 396 Å². The molecule has 12 rings (SSSR count). The first kappa shape index (κ1) is 48.4. The van der Waals surface area contributed by atoms with Crippen molar-refractivity contribution in [1.29, 1.82) is 0 Å². The summed E-state index contributed by atoms with van der Waals surface area (Å²) < 4.78 is 53.7. The average molecular weight is 949 g/mol. The van der Waals surface area contributed by atoms with Crippen LogP contribution in [0.2, 0.25) is 0 Å². The van der Waals surface area contributed by atoms with E-state index in [1.807, 2.05) is 123 Å². The van der Waals surface area contributed by atoms with Crippen molar-refractivity contribution >= 4 is 50.4 Å². The Bertz CT molecular complexity index is 3040. The predicted octanol–water partition coefficient (Wildman–Crippen LogP) is 6.91. The molecule has 20 heteroatoms. The number of nitrogens with two attached hydrogens (primary N) is 1. The highest BCUT2D eigenvalue weighted by Gasteiger charge is 2.57. The van der Waals surface area contributed by atoms with E-state index in [0.29, 0.717) is 19.0 Å². The van der Waals surface area contributed by atoms with Crippen LogP contribution in [0.25, 0.3) is 32.8 Å². The second-order valence-corrected chi connectivity index (χ2v) is 18.0. The number of anilines is 1. The lowest BCUT2D eigenvalue weighted by atomic mass is 10.1. The third-order valence-corrected chi connectivity index (χ3v) is 12.7. The molecule has 4 aliphatic rings. The fourth-order valence-electron chi connectivity index (χ4n) is 9.23. The molecular weight excluding hydrogens is 893 g/mol. The van der Waals surface area contributed by atoms with E-state index in [0.717, 1.165) is 60.8 Å². The number of hydrogen-bond acceptors (Lipinski definition) is 17. The summed E-state index contributed by atoms with van der Waals surface area (Å²) in [7, 11) is 0. The molecule has 2 aromatic carbocycles. The Morgan fingerprint density at radius 1 is 0.618 bits per heavy atom. The quantitative estimate of drug-likeness (QED) is 0.139. The Kier molecular flexibility index (Phi) is 13.6. The number of hydrogen-bond donors (Lipinski definition) is 2. The van der Waals surface area contributed by atoms with Crippen LogP contribution in [0.3, 0.4) is 0 Å². The van der Waals surface area contributed by atoms with Gasteiger partial charge in [0, 0.05) is 35.3 Å². The van der Waals surface area contributed by atoms with E-state index >= 15 is 0 Å². The van der Waals surface area contributed by atoms with Gasteiger partial charge >= 0.3 is 0 Å². The monoisotopic (exact) mass is 948 g/mol. The van der Waals surface area contributed by atoms with E-state index in [1.165, 1.54) is 6.33 Å². The minimum absolute atomic E-state index is 0. The number of pyridine rings is 2. The summed E-state index contributed by atoms with van der Waals surface area (Å²) in [6.45, 7) is 8.33. The molecule has 0 amide bonds. The molecule has 0 radical (unpaired) electrons. The minimum atomic E-state index is -0.719. The zero-order chi connectivity index (χ0) is 44.5. The van der Waals surface area contributed by atoms with Crippen LogP contribution in [-0.4, -0.2) is 112 Å². The van der Waals surface area contributed by atoms with Gasteiger partial charge in [0.2, 0.25) is 0 Å². The molecule has 4 saturated heterocycles. The molecule has 358 valence electrons. The van der Waals surface area contributed by atoms with Gasteiger partial charge < -0.3 is 55.3 Å². The van der Waals surface area contributed by atoms with Crippen molar-refractivity contribution in [2.45, 2.75) is 101 Å². The molecule has 19 nitrogen and oxygen atoms in total. The van der Waals surface area contributed by atoms with Crippen LogP contribution in [0.1, 0.15) is 58.7 Å². The Morgan fingerprint density at radius 2 is 1.09 bits per heavy atom. The van der Waals surface area contributed by atoms with Crippen molar-refractivity contribution in [3.63, 3.8) is 0 Å². The molecular formula is C48H56N10O9S. The number of ether oxygens (including phenoxy) is 8. The molecule has 7 N–H and O–H groups in total. The number of nitrogen functional groups attached to an aromatic ring is 1. The Morgan fingerprint density at radius 3 is 1.60 bits per heavy atom. The number of fused-ring (bicyclic) bond motifs is 6. The van der Waals surface area contributed by atoms with E-state index in [1.54, 1.807) is 35.0 Å². The Hall–Kier alpha value is -6.07. The highest BCUT2D eigenvalue weighted by molar-refractivity contribution is 7.98. The lowest BCUT2D eigenvalue weighted by Gasteiger charge is -2.24. The highest BCUT2D eigenvalue weighted by atomic mass is 32.2. The standard InChI is InChI=1S/C24H24N4O4S.C23H23N5O4.CH4.H3N.H2O/c1-24(2)31-21-19(12-29-15-7-6-14-5-4-10-25-16(14)11-15)30-20(22(21)32-24)17-8-9-18-23(33-3)26-13-27-28(17)18;1-23(2)31-20-18(11-29-14-6-5-13-4-3-9-25-15(13)10-14)30-19(21(20)32-23)16-7-8-17-22(24)26-12-27-28(16)17;;;/h4-11,13,19-22H,12H2,1-3H3;3-10,12,18-21H,11H2,1-2H3,(H2,24,26,27);1H4;1H3;1H2/t19-,20+,21-,22+;18-,19+,20-,21+;;;/m11.../s1. The fourth-order valence-corrected chi connectivity index (χ4v) is 9.75. The lowest BCUT2D eigenvalue weighted by Crippen LogP contribution is -2.33. The van der Waals surface area contributed by atoms with Crippen molar-refractivity contribution in [1.82, 2.24) is 45.3 Å². The first-order valence-corrected chi connectivity index (χ1v) is 22.7. The van der Waals surface area contributed by atoms with Crippen LogP contribution in [0.15, 0.2) is 115 Å². The van der Waals surface area contributed by atoms with E-state index in [9.17, 15) is 0 Å². The normalized spacial score (nSPS) is 25.2. The maximum Gasteiger partial charge on any atom is 0.164 e. The van der Waals surface area contributed by atoms with Gasteiger partial charge in [-0.05, 0) is 94.6 Å². The van der Waals surface area contributed by atoms with Crippen LogP contribution in [0.5, 0.6) is 11.5 Å². The van der Waals surface area contributed by atoms with Gasteiger partial charge in [-0.2, -0.15) is 10.2 Å². The van der Waals surface area contributed by atoms with Crippen molar-refractivity contribution in [2.24, 2.45) is 0 Å². The van der Waals surface area contributed by atoms with Crippen LogP contribution >= 0.6 is 11.8 Å². The van der Waals surface area contributed by atoms with Crippen LogP contribution < -0.4 is 21.4 Å². The molecule has 8 atom stereocenters. The first-order valence-electron chi connectivity index (χ1n) is 21.4. The number of aromatic nitrogens is 8. The maximum absolute atomic E-state index is 6.48. The molecule has 6 aromatic heterocycles. The first-order chi connectivity index (χ1) is 31.5. The summed E-state index contributed by atoms with van der Waals surface area (Å²) in [5.41, 5.74) is 11.2. The van der Waals surface area contributed by atoms with Crippen LogP contribution in [0.4, 0.5) is 5.82 Å². The molecule has 0 spiro atoms. The zero-order valence-corrected chi connectivity index (χ0v) is 38.3. The molecule has 0 unspecified atom stereocenters. The van der Waals surface area contributed by atoms with Crippen LogP contribution in [-0.2, 0) is 28.4 Å². The van der Waals surface area contributed by atoms with E-state index in [2.05, 4.69) is 30.1 Å². The van der Waals surface area contributed by atoms with Gasteiger partial charge in [0.05, 0.1) is 27.9 Å². The van der Waals surface area contributed by atoms with Crippen molar-refractivity contribution in [3.8, 4) is 11.5 Å². The molecule has 8 aromatic rings. The van der Waals surface area contributed by atoms with Gasteiger partial charge in [-0.1, -0.05) is 19.6 Å². The van der Waals surface area contributed by atoms with Crippen LogP contribution in [0, 0.1) is 0 Å². The minimum Gasteiger partial charge on any atom is -0.491 e. The molecule has 10 heterocycles. The van der Waals surface area contributed by atoms with Gasteiger partial charge in [-0.3, -0.25) is 9.97 Å². The predicted molar refractivity (Wildman–Crippen MR) is 255 cm³/mol. The number of thioether (sulfide) groups is 1. The number of nitrogens with zero attached hydrogens (tertiary/aromatic N) is 8. The second kappa shape index (κ2) is 19.1. The van der Waals surface area contributed by atoms with Gasteiger partial charge in [-0.15, -0.1) is 11.8 Å². The zero-order valence-electron chi connectivity index (χ0n) is 37.5. The van der Waals surface area contributed by atoms with Gasteiger partial charge in [0.15, 0.2) is 17.4 Å².